The first kappa shape index (κ1) is 10.2. The van der Waals surface area contributed by atoms with Crippen LogP contribution in [0, 0.1) is 0 Å². The summed E-state index contributed by atoms with van der Waals surface area (Å²) >= 11 is 6.89. The maximum absolute atomic E-state index is 4.15. The van der Waals surface area contributed by atoms with Crippen LogP contribution in [-0.2, 0) is 12.8 Å². The van der Waals surface area contributed by atoms with Gasteiger partial charge in [0.15, 0.2) is 5.16 Å². The Morgan fingerprint density at radius 3 is 3.00 bits per heavy atom. The topological polar surface area (TPSA) is 30.7 Å². The van der Waals surface area contributed by atoms with E-state index in [4.69, 9.17) is 0 Å². The highest BCUT2D eigenvalue weighted by molar-refractivity contribution is 9.11. The third-order valence-electron chi connectivity index (χ3n) is 1.64. The summed E-state index contributed by atoms with van der Waals surface area (Å²) in [6, 6.07) is 4.19. The zero-order chi connectivity index (χ0) is 9.97. The van der Waals surface area contributed by atoms with Gasteiger partial charge in [0.1, 0.15) is 6.33 Å². The molecule has 0 aromatic carbocycles. The van der Waals surface area contributed by atoms with Gasteiger partial charge in [-0.05, 0) is 28.1 Å². The van der Waals surface area contributed by atoms with Gasteiger partial charge in [0.25, 0.3) is 0 Å². The summed E-state index contributed by atoms with van der Waals surface area (Å²) in [4.78, 5) is 5.48. The maximum Gasteiger partial charge on any atom is 0.186 e. The van der Waals surface area contributed by atoms with Crippen molar-refractivity contribution in [1.29, 1.82) is 0 Å². The summed E-state index contributed by atoms with van der Waals surface area (Å²) in [5.41, 5.74) is 0. The molecular formula is C8H8BrN3S2. The quantitative estimate of drug-likeness (QED) is 0.814. The van der Waals surface area contributed by atoms with Gasteiger partial charge in [0.2, 0.25) is 0 Å². The fourth-order valence-corrected chi connectivity index (χ4v) is 3.40. The van der Waals surface area contributed by atoms with E-state index in [1.807, 2.05) is 7.05 Å². The van der Waals surface area contributed by atoms with Crippen LogP contribution < -0.4 is 0 Å². The van der Waals surface area contributed by atoms with Crippen molar-refractivity contribution in [3.8, 4) is 0 Å². The number of nitrogens with zero attached hydrogens (tertiary/aromatic N) is 3. The van der Waals surface area contributed by atoms with Gasteiger partial charge in [-0.3, -0.25) is 0 Å². The molecule has 0 bridgehead atoms. The zero-order valence-electron chi connectivity index (χ0n) is 7.48. The molecule has 6 heteroatoms. The van der Waals surface area contributed by atoms with E-state index in [1.165, 1.54) is 8.66 Å². The number of halogens is 1. The Hall–Kier alpha value is -0.330. The van der Waals surface area contributed by atoms with Crippen molar-refractivity contribution >= 4 is 39.0 Å². The molecule has 0 fully saturated rings. The predicted molar refractivity (Wildman–Crippen MR) is 62.6 cm³/mol. The molecule has 0 saturated heterocycles. The van der Waals surface area contributed by atoms with E-state index in [1.54, 1.807) is 34.1 Å². The second-order valence-corrected chi connectivity index (χ2v) is 6.15. The molecular weight excluding hydrogens is 282 g/mol. The van der Waals surface area contributed by atoms with Gasteiger partial charge in [-0.2, -0.15) is 5.10 Å². The molecule has 74 valence electrons. The summed E-state index contributed by atoms with van der Waals surface area (Å²) in [5.74, 6) is 0.947. The zero-order valence-corrected chi connectivity index (χ0v) is 10.7. The Kier molecular flexibility index (Phi) is 3.25. The van der Waals surface area contributed by atoms with E-state index in [-0.39, 0.29) is 0 Å². The standard InChI is InChI=1S/C8H8BrN3S2/c1-12-8(10-5-11-12)13-4-6-2-3-7(9)14-6/h2-3,5H,4H2,1H3. The maximum atomic E-state index is 4.15. The first-order valence-electron chi connectivity index (χ1n) is 3.97. The van der Waals surface area contributed by atoms with Gasteiger partial charge in [0.05, 0.1) is 3.79 Å². The van der Waals surface area contributed by atoms with E-state index < -0.39 is 0 Å². The van der Waals surface area contributed by atoms with Crippen LogP contribution in [0.15, 0.2) is 27.4 Å². The minimum atomic E-state index is 0.947. The van der Waals surface area contributed by atoms with Gasteiger partial charge < -0.3 is 0 Å². The molecule has 0 radical (unpaired) electrons. The van der Waals surface area contributed by atoms with E-state index >= 15 is 0 Å². The van der Waals surface area contributed by atoms with Crippen LogP contribution in [0.3, 0.4) is 0 Å². The Balaban J connectivity index is 1.98. The van der Waals surface area contributed by atoms with E-state index in [0.29, 0.717) is 0 Å². The first-order chi connectivity index (χ1) is 6.75. The van der Waals surface area contributed by atoms with Crippen molar-refractivity contribution in [2.24, 2.45) is 7.05 Å². The molecule has 0 atom stereocenters. The minimum absolute atomic E-state index is 0.947. The number of aryl methyl sites for hydroxylation is 1. The smallest absolute Gasteiger partial charge is 0.186 e. The van der Waals surface area contributed by atoms with Gasteiger partial charge in [0, 0.05) is 17.7 Å². The van der Waals surface area contributed by atoms with E-state index in [2.05, 4.69) is 38.1 Å². The highest BCUT2D eigenvalue weighted by Gasteiger charge is 2.03. The lowest BCUT2D eigenvalue weighted by Crippen LogP contribution is -1.92. The molecule has 2 aromatic heterocycles. The molecule has 2 heterocycles. The Bertz CT molecular complexity index is 424. The number of thioether (sulfide) groups is 1. The van der Waals surface area contributed by atoms with Crippen molar-refractivity contribution in [1.82, 2.24) is 14.8 Å². The summed E-state index contributed by atoms with van der Waals surface area (Å²) in [5, 5.41) is 4.97. The lowest BCUT2D eigenvalue weighted by Gasteiger charge is -1.97. The van der Waals surface area contributed by atoms with Gasteiger partial charge in [-0.1, -0.05) is 11.8 Å². The van der Waals surface area contributed by atoms with Crippen LogP contribution in [0.5, 0.6) is 0 Å². The van der Waals surface area contributed by atoms with Crippen LogP contribution >= 0.6 is 39.0 Å². The predicted octanol–water partition coefficient (Wildman–Crippen LogP) is 2.93. The Morgan fingerprint density at radius 2 is 2.43 bits per heavy atom. The SMILES string of the molecule is Cn1ncnc1SCc1ccc(Br)s1. The van der Waals surface area contributed by atoms with Crippen LogP contribution in [0.25, 0.3) is 0 Å². The molecule has 0 aliphatic heterocycles. The Morgan fingerprint density at radius 1 is 1.57 bits per heavy atom. The van der Waals surface area contributed by atoms with Crippen molar-refractivity contribution in [3.05, 3.63) is 27.1 Å². The normalized spacial score (nSPS) is 10.7. The lowest BCUT2D eigenvalue weighted by molar-refractivity contribution is 0.685. The number of aromatic nitrogens is 3. The summed E-state index contributed by atoms with van der Waals surface area (Å²) < 4.78 is 2.96. The first-order valence-corrected chi connectivity index (χ1v) is 6.56. The molecule has 0 aliphatic carbocycles. The van der Waals surface area contributed by atoms with Crippen molar-refractivity contribution in [2.45, 2.75) is 10.9 Å². The van der Waals surface area contributed by atoms with Crippen molar-refractivity contribution < 1.29 is 0 Å². The molecule has 0 unspecified atom stereocenters. The largest absolute Gasteiger partial charge is 0.244 e. The number of rotatable bonds is 3. The number of hydrogen-bond donors (Lipinski definition) is 0. The number of thiophene rings is 1. The molecule has 2 aromatic rings. The monoisotopic (exact) mass is 289 g/mol. The van der Waals surface area contributed by atoms with Crippen molar-refractivity contribution in [3.63, 3.8) is 0 Å². The molecule has 0 N–H and O–H groups in total. The van der Waals surface area contributed by atoms with Crippen LogP contribution in [-0.4, -0.2) is 14.8 Å². The summed E-state index contributed by atoms with van der Waals surface area (Å²) in [6.45, 7) is 0. The molecule has 3 nitrogen and oxygen atoms in total. The molecule has 0 amide bonds. The summed E-state index contributed by atoms with van der Waals surface area (Å²) in [7, 11) is 1.90. The van der Waals surface area contributed by atoms with Crippen LogP contribution in [0.4, 0.5) is 0 Å². The van der Waals surface area contributed by atoms with Crippen molar-refractivity contribution in [2.75, 3.05) is 0 Å². The van der Waals surface area contributed by atoms with Gasteiger partial charge >= 0.3 is 0 Å². The van der Waals surface area contributed by atoms with Crippen LogP contribution in [0.2, 0.25) is 0 Å². The number of hydrogen-bond acceptors (Lipinski definition) is 4. The molecule has 2 rings (SSSR count). The molecule has 14 heavy (non-hydrogen) atoms. The highest BCUT2D eigenvalue weighted by Crippen LogP contribution is 2.27. The van der Waals surface area contributed by atoms with E-state index in [9.17, 15) is 0 Å². The van der Waals surface area contributed by atoms with E-state index in [0.717, 1.165) is 10.9 Å². The average molecular weight is 290 g/mol. The van der Waals surface area contributed by atoms with Gasteiger partial charge in [-0.15, -0.1) is 11.3 Å². The molecule has 0 aliphatic rings. The molecule has 0 spiro atoms. The lowest BCUT2D eigenvalue weighted by atomic mass is 10.5. The van der Waals surface area contributed by atoms with Crippen LogP contribution in [0.1, 0.15) is 4.88 Å². The second kappa shape index (κ2) is 4.46. The van der Waals surface area contributed by atoms with Gasteiger partial charge in [-0.25, -0.2) is 9.67 Å². The second-order valence-electron chi connectivity index (χ2n) is 2.66. The average Bonchev–Trinajstić information content (AvgIpc) is 2.72. The fraction of sp³-hybridized carbons (Fsp3) is 0.250. The fourth-order valence-electron chi connectivity index (χ4n) is 0.981. The molecule has 0 saturated carbocycles. The third kappa shape index (κ3) is 2.37. The minimum Gasteiger partial charge on any atom is -0.244 e. The Labute approximate surface area is 98.7 Å². The summed E-state index contributed by atoms with van der Waals surface area (Å²) in [6.07, 6.45) is 1.58. The highest BCUT2D eigenvalue weighted by atomic mass is 79.9. The third-order valence-corrected chi connectivity index (χ3v) is 4.53.